The summed E-state index contributed by atoms with van der Waals surface area (Å²) >= 11 is 0. The maximum Gasteiger partial charge on any atom is 0.253 e. The van der Waals surface area contributed by atoms with Gasteiger partial charge >= 0.3 is 0 Å². The molecular formula is C9H13N3O3S. The van der Waals surface area contributed by atoms with Crippen molar-refractivity contribution in [3.8, 4) is 0 Å². The number of benzene rings is 1. The van der Waals surface area contributed by atoms with Crippen LogP contribution in [0, 0.1) is 6.92 Å². The van der Waals surface area contributed by atoms with Gasteiger partial charge in [0.2, 0.25) is 5.91 Å². The molecule has 4 N–H and O–H groups in total. The van der Waals surface area contributed by atoms with Gasteiger partial charge in [-0.3, -0.25) is 10.6 Å². The number of carbonyl (C=O) groups excluding carboxylic acids is 1. The molecule has 0 bridgehead atoms. The Hall–Kier alpha value is -1.44. The molecule has 88 valence electrons. The maximum atomic E-state index is 11.4. The van der Waals surface area contributed by atoms with Gasteiger partial charge in [0.1, 0.15) is 0 Å². The number of carbonyl (C=O) groups is 1. The number of hydrogen-bond donors (Lipinski definition) is 3. The number of sulfonamides is 1. The molecule has 0 unspecified atom stereocenters. The normalized spacial score (nSPS) is 11.2. The van der Waals surface area contributed by atoms with Crippen LogP contribution >= 0.6 is 0 Å². The molecule has 0 radical (unpaired) electrons. The Labute approximate surface area is 93.9 Å². The first-order valence-electron chi connectivity index (χ1n) is 4.47. The van der Waals surface area contributed by atoms with E-state index in [1.807, 2.05) is 0 Å². The van der Waals surface area contributed by atoms with E-state index in [-0.39, 0.29) is 10.8 Å². The lowest BCUT2D eigenvalue weighted by atomic mass is 10.2. The number of aryl methyl sites for hydroxylation is 1. The fourth-order valence-corrected chi connectivity index (χ4v) is 2.15. The standard InChI is InChI=1S/C9H13N3O3S/c1-6-5-8(11-7(2)13)3-4-9(6)16(14,15)12-10/h3-5,12H,10H2,1-2H3,(H,11,13). The van der Waals surface area contributed by atoms with Crippen molar-refractivity contribution in [3.05, 3.63) is 23.8 Å². The monoisotopic (exact) mass is 243 g/mol. The van der Waals surface area contributed by atoms with Gasteiger partial charge in [-0.1, -0.05) is 0 Å². The summed E-state index contributed by atoms with van der Waals surface area (Å²) in [4.78, 5) is 12.6. The minimum absolute atomic E-state index is 0.0871. The van der Waals surface area contributed by atoms with Crippen molar-refractivity contribution < 1.29 is 13.2 Å². The molecule has 6 nitrogen and oxygen atoms in total. The van der Waals surface area contributed by atoms with Crippen molar-refractivity contribution >= 4 is 21.6 Å². The van der Waals surface area contributed by atoms with Gasteiger partial charge in [-0.05, 0) is 30.7 Å². The van der Waals surface area contributed by atoms with Crippen LogP contribution in [0.4, 0.5) is 5.69 Å². The Morgan fingerprint density at radius 3 is 2.44 bits per heavy atom. The summed E-state index contributed by atoms with van der Waals surface area (Å²) in [7, 11) is -3.66. The summed E-state index contributed by atoms with van der Waals surface area (Å²) in [6.07, 6.45) is 0. The highest BCUT2D eigenvalue weighted by molar-refractivity contribution is 7.89. The lowest BCUT2D eigenvalue weighted by Crippen LogP contribution is -2.30. The molecule has 0 aromatic heterocycles. The van der Waals surface area contributed by atoms with Crippen LogP contribution in [0.5, 0.6) is 0 Å². The van der Waals surface area contributed by atoms with Crippen LogP contribution in [0.15, 0.2) is 23.1 Å². The van der Waals surface area contributed by atoms with Crippen LogP contribution < -0.4 is 16.0 Å². The summed E-state index contributed by atoms with van der Waals surface area (Å²) in [5, 5.41) is 2.56. The summed E-state index contributed by atoms with van der Waals surface area (Å²) in [5.41, 5.74) is 1.05. The third-order valence-corrected chi connectivity index (χ3v) is 3.29. The van der Waals surface area contributed by atoms with Crippen molar-refractivity contribution in [1.29, 1.82) is 0 Å². The Balaban J connectivity index is 3.15. The number of amides is 1. The van der Waals surface area contributed by atoms with Gasteiger partial charge in [0, 0.05) is 12.6 Å². The molecule has 16 heavy (non-hydrogen) atoms. The minimum Gasteiger partial charge on any atom is -0.326 e. The van der Waals surface area contributed by atoms with E-state index in [4.69, 9.17) is 5.84 Å². The van der Waals surface area contributed by atoms with Gasteiger partial charge in [0.15, 0.2) is 0 Å². The number of nitrogens with one attached hydrogen (secondary N) is 2. The summed E-state index contributed by atoms with van der Waals surface area (Å²) in [6.45, 7) is 3.00. The van der Waals surface area contributed by atoms with E-state index in [9.17, 15) is 13.2 Å². The quantitative estimate of drug-likeness (QED) is 0.518. The van der Waals surface area contributed by atoms with Gasteiger partial charge in [0.25, 0.3) is 10.0 Å². The molecular weight excluding hydrogens is 230 g/mol. The highest BCUT2D eigenvalue weighted by Crippen LogP contribution is 2.18. The van der Waals surface area contributed by atoms with Crippen molar-refractivity contribution in [3.63, 3.8) is 0 Å². The molecule has 0 heterocycles. The van der Waals surface area contributed by atoms with Gasteiger partial charge in [-0.2, -0.15) is 4.83 Å². The first-order chi connectivity index (χ1) is 7.36. The van der Waals surface area contributed by atoms with Gasteiger partial charge in [-0.25, -0.2) is 8.42 Å². The van der Waals surface area contributed by atoms with Gasteiger partial charge < -0.3 is 5.32 Å². The highest BCUT2D eigenvalue weighted by Gasteiger charge is 2.14. The second-order valence-corrected chi connectivity index (χ2v) is 4.97. The molecule has 0 saturated carbocycles. The Morgan fingerprint density at radius 2 is 2.00 bits per heavy atom. The Bertz CT molecular complexity index is 511. The molecule has 0 atom stereocenters. The molecule has 0 aliphatic heterocycles. The first kappa shape index (κ1) is 12.6. The summed E-state index contributed by atoms with van der Waals surface area (Å²) in [6, 6.07) is 4.44. The first-order valence-corrected chi connectivity index (χ1v) is 5.96. The smallest absolute Gasteiger partial charge is 0.253 e. The van der Waals surface area contributed by atoms with E-state index >= 15 is 0 Å². The number of nitrogens with two attached hydrogens (primary N) is 1. The largest absolute Gasteiger partial charge is 0.326 e. The van der Waals surface area contributed by atoms with Crippen molar-refractivity contribution in [2.45, 2.75) is 18.7 Å². The highest BCUT2D eigenvalue weighted by atomic mass is 32.2. The second kappa shape index (κ2) is 4.60. The maximum absolute atomic E-state index is 11.4. The van der Waals surface area contributed by atoms with Gasteiger partial charge in [0.05, 0.1) is 4.90 Å². The Morgan fingerprint density at radius 1 is 1.38 bits per heavy atom. The van der Waals surface area contributed by atoms with E-state index in [1.165, 1.54) is 19.1 Å². The number of hydrogen-bond acceptors (Lipinski definition) is 4. The van der Waals surface area contributed by atoms with Gasteiger partial charge in [-0.15, -0.1) is 0 Å². The van der Waals surface area contributed by atoms with Crippen LogP contribution in [0.3, 0.4) is 0 Å². The number of hydrazine groups is 1. The van der Waals surface area contributed by atoms with Crippen molar-refractivity contribution in [2.75, 3.05) is 5.32 Å². The molecule has 0 aliphatic rings. The molecule has 0 aliphatic carbocycles. The average molecular weight is 243 g/mol. The zero-order chi connectivity index (χ0) is 12.3. The van der Waals surface area contributed by atoms with Crippen LogP contribution in [0.2, 0.25) is 0 Å². The molecule has 0 spiro atoms. The molecule has 7 heteroatoms. The zero-order valence-electron chi connectivity index (χ0n) is 8.94. The number of rotatable bonds is 3. The van der Waals surface area contributed by atoms with Crippen molar-refractivity contribution in [2.24, 2.45) is 5.84 Å². The summed E-state index contributed by atoms with van der Waals surface area (Å²) in [5.74, 6) is 4.70. The fourth-order valence-electron chi connectivity index (χ4n) is 1.30. The minimum atomic E-state index is -3.66. The van der Waals surface area contributed by atoms with E-state index < -0.39 is 10.0 Å². The van der Waals surface area contributed by atoms with E-state index in [2.05, 4.69) is 5.32 Å². The lowest BCUT2D eigenvalue weighted by molar-refractivity contribution is -0.114. The lowest BCUT2D eigenvalue weighted by Gasteiger charge is -2.08. The molecule has 0 saturated heterocycles. The van der Waals surface area contributed by atoms with E-state index in [0.717, 1.165) is 0 Å². The molecule has 1 aromatic carbocycles. The average Bonchev–Trinajstić information content (AvgIpc) is 2.16. The van der Waals surface area contributed by atoms with Crippen molar-refractivity contribution in [1.82, 2.24) is 4.83 Å². The molecule has 1 rings (SSSR count). The predicted octanol–water partition coefficient (Wildman–Crippen LogP) is 0.105. The van der Waals surface area contributed by atoms with Crippen LogP contribution in [-0.4, -0.2) is 14.3 Å². The van der Waals surface area contributed by atoms with Crippen LogP contribution in [0.1, 0.15) is 12.5 Å². The fraction of sp³-hybridized carbons (Fsp3) is 0.222. The summed E-state index contributed by atoms with van der Waals surface area (Å²) < 4.78 is 22.9. The van der Waals surface area contributed by atoms with Crippen LogP contribution in [0.25, 0.3) is 0 Å². The SMILES string of the molecule is CC(=O)Nc1ccc(S(=O)(=O)NN)c(C)c1. The molecule has 1 aromatic rings. The second-order valence-electron chi connectivity index (χ2n) is 3.28. The zero-order valence-corrected chi connectivity index (χ0v) is 9.76. The predicted molar refractivity (Wildman–Crippen MR) is 60.0 cm³/mol. The van der Waals surface area contributed by atoms with E-state index in [0.29, 0.717) is 11.3 Å². The third-order valence-electron chi connectivity index (χ3n) is 1.94. The third kappa shape index (κ3) is 2.78. The molecule has 1 amide bonds. The Kier molecular flexibility index (Phi) is 3.63. The van der Waals surface area contributed by atoms with E-state index in [1.54, 1.807) is 17.8 Å². The van der Waals surface area contributed by atoms with Crippen LogP contribution in [-0.2, 0) is 14.8 Å². The number of anilines is 1. The topological polar surface area (TPSA) is 101 Å². The molecule has 0 fully saturated rings.